The van der Waals surface area contributed by atoms with Crippen molar-refractivity contribution in [2.75, 3.05) is 6.54 Å². The molecule has 0 saturated carbocycles. The fourth-order valence-electron chi connectivity index (χ4n) is 1.40. The fraction of sp³-hybridized carbons (Fsp3) is 0.167. The van der Waals surface area contributed by atoms with Gasteiger partial charge in [0.2, 0.25) is 0 Å². The molecule has 16 heavy (non-hydrogen) atoms. The van der Waals surface area contributed by atoms with Gasteiger partial charge in [-0.25, -0.2) is 9.69 Å². The molecule has 0 radical (unpaired) electrons. The Kier molecular flexibility index (Phi) is 3.00. The van der Waals surface area contributed by atoms with Crippen LogP contribution in [0.1, 0.15) is 5.56 Å². The van der Waals surface area contributed by atoms with Gasteiger partial charge >= 0.3 is 6.09 Å². The van der Waals surface area contributed by atoms with E-state index in [1.54, 1.807) is 6.08 Å². The molecule has 0 bridgehead atoms. The smallest absolute Gasteiger partial charge is 0.417 e. The van der Waals surface area contributed by atoms with Crippen molar-refractivity contribution >= 4 is 12.0 Å². The second kappa shape index (κ2) is 4.61. The second-order valence-corrected chi connectivity index (χ2v) is 3.39. The normalized spacial score (nSPS) is 14.2. The van der Waals surface area contributed by atoms with E-state index in [1.165, 1.54) is 6.08 Å². The Labute approximate surface area is 93.1 Å². The summed E-state index contributed by atoms with van der Waals surface area (Å²) >= 11 is 0. The van der Waals surface area contributed by atoms with E-state index in [0.717, 1.165) is 10.5 Å². The highest BCUT2D eigenvalue weighted by atomic mass is 16.6. The Morgan fingerprint density at radius 3 is 2.69 bits per heavy atom. The van der Waals surface area contributed by atoms with Crippen LogP contribution in [-0.4, -0.2) is 23.4 Å². The van der Waals surface area contributed by atoms with Gasteiger partial charge in [-0.2, -0.15) is 0 Å². The quantitative estimate of drug-likeness (QED) is 0.757. The van der Waals surface area contributed by atoms with Gasteiger partial charge in [0.05, 0.1) is 6.54 Å². The predicted octanol–water partition coefficient (Wildman–Crippen LogP) is 1.72. The lowest BCUT2D eigenvalue weighted by Crippen LogP contribution is -2.32. The van der Waals surface area contributed by atoms with Gasteiger partial charge in [-0.3, -0.25) is 4.79 Å². The molecule has 0 saturated heterocycles. The highest BCUT2D eigenvalue weighted by Crippen LogP contribution is 2.06. The van der Waals surface area contributed by atoms with E-state index in [0.29, 0.717) is 6.54 Å². The van der Waals surface area contributed by atoms with Gasteiger partial charge in [0.1, 0.15) is 6.61 Å². The summed E-state index contributed by atoms with van der Waals surface area (Å²) in [5, 5.41) is 0. The zero-order valence-electron chi connectivity index (χ0n) is 8.63. The van der Waals surface area contributed by atoms with E-state index in [9.17, 15) is 9.59 Å². The van der Waals surface area contributed by atoms with Gasteiger partial charge in [-0.1, -0.05) is 36.4 Å². The summed E-state index contributed by atoms with van der Waals surface area (Å²) in [4.78, 5) is 23.7. The molecule has 0 fully saturated rings. The Bertz CT molecular complexity index is 425. The van der Waals surface area contributed by atoms with Crippen LogP contribution >= 0.6 is 0 Å². The first-order valence-electron chi connectivity index (χ1n) is 4.96. The molecule has 0 aliphatic carbocycles. The zero-order valence-corrected chi connectivity index (χ0v) is 8.63. The first kappa shape index (κ1) is 10.4. The topological polar surface area (TPSA) is 46.6 Å². The Hall–Kier alpha value is -2.10. The van der Waals surface area contributed by atoms with Gasteiger partial charge in [0, 0.05) is 6.08 Å². The highest BCUT2D eigenvalue weighted by molar-refractivity contribution is 6.00. The van der Waals surface area contributed by atoms with Crippen molar-refractivity contribution in [3.63, 3.8) is 0 Å². The Morgan fingerprint density at radius 1 is 1.31 bits per heavy atom. The summed E-state index contributed by atoms with van der Waals surface area (Å²) in [6.45, 7) is 0.482. The van der Waals surface area contributed by atoms with Crippen LogP contribution in [0.3, 0.4) is 0 Å². The minimum Gasteiger partial charge on any atom is -0.444 e. The third-order valence-corrected chi connectivity index (χ3v) is 2.24. The van der Waals surface area contributed by atoms with Crippen LogP contribution in [-0.2, 0) is 16.1 Å². The Balaban J connectivity index is 1.87. The van der Waals surface area contributed by atoms with E-state index in [-0.39, 0.29) is 12.5 Å². The number of imide groups is 1. The minimum atomic E-state index is -0.598. The molecule has 4 nitrogen and oxygen atoms in total. The van der Waals surface area contributed by atoms with Crippen LogP contribution in [0.4, 0.5) is 4.79 Å². The molecule has 0 unspecified atom stereocenters. The number of nitrogens with zero attached hydrogens (tertiary/aromatic N) is 1. The third-order valence-electron chi connectivity index (χ3n) is 2.24. The van der Waals surface area contributed by atoms with E-state index >= 15 is 0 Å². The summed E-state index contributed by atoms with van der Waals surface area (Å²) in [7, 11) is 0. The van der Waals surface area contributed by atoms with Crippen molar-refractivity contribution < 1.29 is 14.3 Å². The summed E-state index contributed by atoms with van der Waals surface area (Å²) in [6.07, 6.45) is 2.40. The van der Waals surface area contributed by atoms with Gasteiger partial charge in [-0.15, -0.1) is 0 Å². The van der Waals surface area contributed by atoms with E-state index < -0.39 is 6.09 Å². The van der Waals surface area contributed by atoms with Gasteiger partial charge < -0.3 is 4.74 Å². The predicted molar refractivity (Wildman–Crippen MR) is 57.5 cm³/mol. The van der Waals surface area contributed by atoms with Gasteiger partial charge in [0.15, 0.2) is 0 Å². The summed E-state index contributed by atoms with van der Waals surface area (Å²) in [6, 6.07) is 9.34. The monoisotopic (exact) mass is 217 g/mol. The van der Waals surface area contributed by atoms with Crippen molar-refractivity contribution in [3.8, 4) is 0 Å². The SMILES string of the molecule is O=C1C=CCN1C(=O)OCc1ccccc1. The van der Waals surface area contributed by atoms with E-state index in [4.69, 9.17) is 4.74 Å². The van der Waals surface area contributed by atoms with Crippen LogP contribution in [0.5, 0.6) is 0 Å². The van der Waals surface area contributed by atoms with Crippen molar-refractivity contribution in [1.29, 1.82) is 0 Å². The molecule has 0 N–H and O–H groups in total. The molecule has 82 valence electrons. The molecule has 1 aliphatic heterocycles. The average Bonchev–Trinajstić information content (AvgIpc) is 2.74. The Morgan fingerprint density at radius 2 is 2.06 bits per heavy atom. The molecule has 1 heterocycles. The first-order valence-corrected chi connectivity index (χ1v) is 4.96. The maximum absolute atomic E-state index is 11.5. The molecule has 0 spiro atoms. The van der Waals surface area contributed by atoms with Crippen LogP contribution in [0.15, 0.2) is 42.5 Å². The maximum atomic E-state index is 11.5. The number of rotatable bonds is 2. The van der Waals surface area contributed by atoms with E-state index in [2.05, 4.69) is 0 Å². The van der Waals surface area contributed by atoms with Crippen LogP contribution in [0, 0.1) is 0 Å². The van der Waals surface area contributed by atoms with Crippen LogP contribution in [0.25, 0.3) is 0 Å². The standard InChI is InChI=1S/C12H11NO3/c14-11-7-4-8-13(11)12(15)16-9-10-5-2-1-3-6-10/h1-7H,8-9H2. The highest BCUT2D eigenvalue weighted by Gasteiger charge is 2.23. The number of hydrogen-bond donors (Lipinski definition) is 0. The average molecular weight is 217 g/mol. The molecular formula is C12H11NO3. The number of hydrogen-bond acceptors (Lipinski definition) is 3. The molecule has 4 heteroatoms. The summed E-state index contributed by atoms with van der Waals surface area (Å²) in [5.41, 5.74) is 0.899. The largest absolute Gasteiger partial charge is 0.444 e. The summed E-state index contributed by atoms with van der Waals surface area (Å²) < 4.78 is 5.01. The molecule has 1 aromatic rings. The zero-order chi connectivity index (χ0) is 11.4. The lowest BCUT2D eigenvalue weighted by Gasteiger charge is -2.13. The number of carbonyl (C=O) groups is 2. The molecule has 0 aromatic heterocycles. The number of ether oxygens (including phenoxy) is 1. The molecule has 1 aromatic carbocycles. The van der Waals surface area contributed by atoms with Gasteiger partial charge in [0.25, 0.3) is 5.91 Å². The number of carbonyl (C=O) groups excluding carboxylic acids is 2. The molecule has 2 amide bonds. The van der Waals surface area contributed by atoms with Crippen LogP contribution < -0.4 is 0 Å². The minimum absolute atomic E-state index is 0.184. The second-order valence-electron chi connectivity index (χ2n) is 3.39. The molecular weight excluding hydrogens is 206 g/mol. The molecule has 2 rings (SSSR count). The van der Waals surface area contributed by atoms with Crippen molar-refractivity contribution in [1.82, 2.24) is 4.90 Å². The number of amides is 2. The number of benzene rings is 1. The third kappa shape index (κ3) is 2.28. The summed E-state index contributed by atoms with van der Waals surface area (Å²) in [5.74, 6) is -0.321. The van der Waals surface area contributed by atoms with E-state index in [1.807, 2.05) is 30.3 Å². The van der Waals surface area contributed by atoms with Gasteiger partial charge in [-0.05, 0) is 5.56 Å². The van der Waals surface area contributed by atoms with Crippen molar-refractivity contribution in [2.45, 2.75) is 6.61 Å². The fourth-order valence-corrected chi connectivity index (χ4v) is 1.40. The molecule has 0 atom stereocenters. The molecule has 1 aliphatic rings. The van der Waals surface area contributed by atoms with Crippen molar-refractivity contribution in [2.24, 2.45) is 0 Å². The van der Waals surface area contributed by atoms with Crippen LogP contribution in [0.2, 0.25) is 0 Å². The lowest BCUT2D eigenvalue weighted by atomic mass is 10.2. The first-order chi connectivity index (χ1) is 7.77. The lowest BCUT2D eigenvalue weighted by molar-refractivity contribution is -0.123. The van der Waals surface area contributed by atoms with Crippen molar-refractivity contribution in [3.05, 3.63) is 48.0 Å². The maximum Gasteiger partial charge on any atom is 0.417 e.